The fourth-order valence-electron chi connectivity index (χ4n) is 5.21. The smallest absolute Gasteiger partial charge is 0.410 e. The molecule has 2 aliphatic heterocycles. The predicted octanol–water partition coefficient (Wildman–Crippen LogP) is 5.91. The van der Waals surface area contributed by atoms with Crippen LogP contribution in [0.15, 0.2) is 54.7 Å². The van der Waals surface area contributed by atoms with Gasteiger partial charge in [0.1, 0.15) is 17.2 Å². The van der Waals surface area contributed by atoms with Crippen LogP contribution in [0, 0.1) is 0 Å². The first-order chi connectivity index (χ1) is 18.5. The molecule has 3 heterocycles. The first kappa shape index (κ1) is 26.5. The van der Waals surface area contributed by atoms with E-state index in [1.807, 2.05) is 51.1 Å². The average molecular weight is 529 g/mol. The lowest BCUT2D eigenvalue weighted by molar-refractivity contribution is 0.0174. The Morgan fingerprint density at radius 3 is 2.72 bits per heavy atom. The molecule has 0 fully saturated rings. The standard InChI is InChI=1S/C31H36N4O4/c1-30(2,3)39-29(37)35-18-22-16-23(9-10-25(22)31(4,5)19-35)34-28(36)24-7-6-13-32-27(24)33-17-20-8-11-26-21(15-20)12-14-38-26/h6-11,13,15-16H,12,14,17-19H2,1-5H3,(H,32,33)(H,34,36). The maximum Gasteiger partial charge on any atom is 0.410 e. The third-order valence-corrected chi connectivity index (χ3v) is 6.96. The zero-order valence-corrected chi connectivity index (χ0v) is 23.3. The second-order valence-corrected chi connectivity index (χ2v) is 11.8. The van der Waals surface area contributed by atoms with E-state index in [1.54, 1.807) is 23.2 Å². The van der Waals surface area contributed by atoms with Gasteiger partial charge in [0, 0.05) is 43.4 Å². The van der Waals surface area contributed by atoms with E-state index in [0.29, 0.717) is 36.7 Å². The lowest BCUT2D eigenvalue weighted by Crippen LogP contribution is -2.46. The van der Waals surface area contributed by atoms with E-state index in [-0.39, 0.29) is 17.4 Å². The van der Waals surface area contributed by atoms with Crippen LogP contribution in [-0.2, 0) is 29.7 Å². The molecular formula is C31H36N4O4. The fourth-order valence-corrected chi connectivity index (χ4v) is 5.21. The quantitative estimate of drug-likeness (QED) is 0.428. The topological polar surface area (TPSA) is 92.8 Å². The summed E-state index contributed by atoms with van der Waals surface area (Å²) in [4.78, 5) is 32.3. The summed E-state index contributed by atoms with van der Waals surface area (Å²) in [7, 11) is 0. The molecule has 0 aliphatic carbocycles. The monoisotopic (exact) mass is 528 g/mol. The zero-order valence-electron chi connectivity index (χ0n) is 23.3. The number of hydrogen-bond acceptors (Lipinski definition) is 6. The van der Waals surface area contributed by atoms with E-state index >= 15 is 0 Å². The summed E-state index contributed by atoms with van der Waals surface area (Å²) in [5, 5.41) is 6.33. The van der Waals surface area contributed by atoms with Gasteiger partial charge in [-0.2, -0.15) is 0 Å². The summed E-state index contributed by atoms with van der Waals surface area (Å²) < 4.78 is 11.2. The van der Waals surface area contributed by atoms with Crippen LogP contribution in [-0.4, -0.2) is 40.6 Å². The highest BCUT2D eigenvalue weighted by atomic mass is 16.6. The van der Waals surface area contributed by atoms with Crippen LogP contribution in [0.25, 0.3) is 0 Å². The van der Waals surface area contributed by atoms with E-state index in [1.165, 1.54) is 5.56 Å². The Labute approximate surface area is 229 Å². The maximum atomic E-state index is 13.3. The van der Waals surface area contributed by atoms with E-state index in [0.717, 1.165) is 35.5 Å². The number of nitrogens with zero attached hydrogens (tertiary/aromatic N) is 2. The Bertz CT molecular complexity index is 1410. The number of anilines is 2. The van der Waals surface area contributed by atoms with Gasteiger partial charge in [-0.25, -0.2) is 9.78 Å². The fraction of sp³-hybridized carbons (Fsp3) is 0.387. The molecule has 204 valence electrons. The van der Waals surface area contributed by atoms with E-state index < -0.39 is 5.60 Å². The molecule has 0 saturated carbocycles. The largest absolute Gasteiger partial charge is 0.493 e. The van der Waals surface area contributed by atoms with Gasteiger partial charge in [0.05, 0.1) is 12.2 Å². The second-order valence-electron chi connectivity index (χ2n) is 11.8. The Morgan fingerprint density at radius 1 is 1.10 bits per heavy atom. The molecule has 0 unspecified atom stereocenters. The van der Waals surface area contributed by atoms with Crippen LogP contribution in [0.4, 0.5) is 16.3 Å². The van der Waals surface area contributed by atoms with Crippen molar-refractivity contribution < 1.29 is 19.1 Å². The Morgan fingerprint density at radius 2 is 1.92 bits per heavy atom. The first-order valence-electron chi connectivity index (χ1n) is 13.3. The molecule has 2 aromatic carbocycles. The summed E-state index contributed by atoms with van der Waals surface area (Å²) in [6.07, 6.45) is 2.24. The number of fused-ring (bicyclic) bond motifs is 2. The number of aromatic nitrogens is 1. The van der Waals surface area contributed by atoms with Crippen molar-refractivity contribution in [1.29, 1.82) is 0 Å². The minimum atomic E-state index is -0.568. The molecular weight excluding hydrogens is 492 g/mol. The van der Waals surface area contributed by atoms with Crippen molar-refractivity contribution in [3.05, 3.63) is 82.5 Å². The molecule has 0 saturated heterocycles. The van der Waals surface area contributed by atoms with Crippen molar-refractivity contribution in [2.45, 2.75) is 65.1 Å². The molecule has 2 aliphatic rings. The van der Waals surface area contributed by atoms with Crippen LogP contribution < -0.4 is 15.4 Å². The highest BCUT2D eigenvalue weighted by Crippen LogP contribution is 2.35. The molecule has 8 nitrogen and oxygen atoms in total. The molecule has 8 heteroatoms. The number of benzene rings is 2. The number of hydrogen-bond donors (Lipinski definition) is 2. The van der Waals surface area contributed by atoms with Crippen LogP contribution >= 0.6 is 0 Å². The minimum absolute atomic E-state index is 0.253. The first-order valence-corrected chi connectivity index (χ1v) is 13.3. The number of amides is 2. The van der Waals surface area contributed by atoms with Crippen molar-refractivity contribution in [2.24, 2.45) is 0 Å². The van der Waals surface area contributed by atoms with E-state index in [4.69, 9.17) is 9.47 Å². The van der Waals surface area contributed by atoms with Gasteiger partial charge in [-0.3, -0.25) is 4.79 Å². The van der Waals surface area contributed by atoms with Gasteiger partial charge in [0.25, 0.3) is 5.91 Å². The molecule has 39 heavy (non-hydrogen) atoms. The van der Waals surface area contributed by atoms with Crippen molar-refractivity contribution >= 4 is 23.5 Å². The van der Waals surface area contributed by atoms with E-state index in [9.17, 15) is 9.59 Å². The number of carbonyl (C=O) groups is 2. The third kappa shape index (κ3) is 6.00. The van der Waals surface area contributed by atoms with Gasteiger partial charge in [-0.1, -0.05) is 32.0 Å². The van der Waals surface area contributed by atoms with Crippen LogP contribution in [0.5, 0.6) is 5.75 Å². The molecule has 5 rings (SSSR count). The van der Waals surface area contributed by atoms with Crippen molar-refractivity contribution in [3.63, 3.8) is 0 Å². The van der Waals surface area contributed by atoms with Crippen molar-refractivity contribution in [1.82, 2.24) is 9.88 Å². The summed E-state index contributed by atoms with van der Waals surface area (Å²) in [6, 6.07) is 15.6. The van der Waals surface area contributed by atoms with Crippen molar-refractivity contribution in [3.8, 4) is 5.75 Å². The minimum Gasteiger partial charge on any atom is -0.493 e. The average Bonchev–Trinajstić information content (AvgIpc) is 3.34. The van der Waals surface area contributed by atoms with Gasteiger partial charge in [-0.15, -0.1) is 0 Å². The normalized spacial score (nSPS) is 15.6. The molecule has 0 bridgehead atoms. The number of nitrogens with one attached hydrogen (secondary N) is 2. The summed E-state index contributed by atoms with van der Waals surface area (Å²) >= 11 is 0. The SMILES string of the molecule is CC(C)(C)OC(=O)N1Cc2cc(NC(=O)c3cccnc3NCc3ccc4c(c3)CCO4)ccc2C(C)(C)C1. The summed E-state index contributed by atoms with van der Waals surface area (Å²) in [5.41, 5.74) is 4.74. The molecule has 2 amide bonds. The van der Waals surface area contributed by atoms with Crippen LogP contribution in [0.1, 0.15) is 67.2 Å². The highest BCUT2D eigenvalue weighted by Gasteiger charge is 2.35. The Balaban J connectivity index is 1.30. The predicted molar refractivity (Wildman–Crippen MR) is 151 cm³/mol. The van der Waals surface area contributed by atoms with Crippen molar-refractivity contribution in [2.75, 3.05) is 23.8 Å². The van der Waals surface area contributed by atoms with Gasteiger partial charge in [-0.05, 0) is 73.4 Å². The molecule has 0 atom stereocenters. The molecule has 3 aromatic rings. The van der Waals surface area contributed by atoms with Gasteiger partial charge in [0.15, 0.2) is 0 Å². The zero-order chi connectivity index (χ0) is 27.8. The van der Waals surface area contributed by atoms with E-state index in [2.05, 4.69) is 35.5 Å². The van der Waals surface area contributed by atoms with Gasteiger partial charge >= 0.3 is 6.09 Å². The van der Waals surface area contributed by atoms with Gasteiger partial charge < -0.3 is 25.0 Å². The van der Waals surface area contributed by atoms with Gasteiger partial charge in [0.2, 0.25) is 0 Å². The molecule has 0 spiro atoms. The Hall–Kier alpha value is -4.07. The molecule has 1 aromatic heterocycles. The lowest BCUT2D eigenvalue weighted by Gasteiger charge is -2.40. The maximum absolute atomic E-state index is 13.3. The van der Waals surface area contributed by atoms with Crippen LogP contribution in [0.3, 0.4) is 0 Å². The number of pyridine rings is 1. The third-order valence-electron chi connectivity index (χ3n) is 6.96. The number of rotatable bonds is 5. The molecule has 2 N–H and O–H groups in total. The summed E-state index contributed by atoms with van der Waals surface area (Å²) in [6.45, 7) is 12.1. The summed E-state index contributed by atoms with van der Waals surface area (Å²) in [5.74, 6) is 1.20. The number of ether oxygens (including phenoxy) is 2. The lowest BCUT2D eigenvalue weighted by atomic mass is 9.78. The van der Waals surface area contributed by atoms with Crippen LogP contribution in [0.2, 0.25) is 0 Å². The Kier molecular flexibility index (Phi) is 6.97. The highest BCUT2D eigenvalue weighted by molar-refractivity contribution is 6.07. The second kappa shape index (κ2) is 10.2. The number of carbonyl (C=O) groups excluding carboxylic acids is 2. The molecule has 0 radical (unpaired) electrons.